The summed E-state index contributed by atoms with van der Waals surface area (Å²) < 4.78 is 0. The van der Waals surface area contributed by atoms with Crippen LogP contribution >= 0.6 is 23.1 Å². The van der Waals surface area contributed by atoms with Gasteiger partial charge in [0, 0.05) is 34.0 Å². The minimum absolute atomic E-state index is 0.141. The summed E-state index contributed by atoms with van der Waals surface area (Å²) in [5.41, 5.74) is 1.47. The van der Waals surface area contributed by atoms with E-state index in [0.717, 1.165) is 6.54 Å². The number of hydrogen-bond donors (Lipinski definition) is 1. The minimum atomic E-state index is 0.141. The third-order valence-electron chi connectivity index (χ3n) is 3.39. The summed E-state index contributed by atoms with van der Waals surface area (Å²) in [4.78, 5) is 7.14. The molecule has 0 amide bonds. The molecule has 1 aromatic carbocycles. The molecule has 1 heterocycles. The lowest BCUT2D eigenvalue weighted by atomic mass is 9.98. The van der Waals surface area contributed by atoms with Gasteiger partial charge in [-0.05, 0) is 30.9 Å². The molecule has 1 unspecified atom stereocenters. The van der Waals surface area contributed by atoms with Crippen LogP contribution in [0, 0.1) is 0 Å². The molecule has 1 N–H and O–H groups in total. The van der Waals surface area contributed by atoms with Gasteiger partial charge in [0.2, 0.25) is 0 Å². The van der Waals surface area contributed by atoms with E-state index in [1.165, 1.54) is 20.3 Å². The molecule has 0 fully saturated rings. The molecular formula is C17H24N2S2. The van der Waals surface area contributed by atoms with E-state index in [9.17, 15) is 0 Å². The average Bonchev–Trinajstić information content (AvgIpc) is 2.94. The highest BCUT2D eigenvalue weighted by Crippen LogP contribution is 2.27. The molecule has 2 aromatic rings. The van der Waals surface area contributed by atoms with Crippen molar-refractivity contribution >= 4 is 23.1 Å². The van der Waals surface area contributed by atoms with Crippen LogP contribution in [0.25, 0.3) is 0 Å². The Hall–Kier alpha value is -0.840. The van der Waals surface area contributed by atoms with Crippen molar-refractivity contribution < 1.29 is 0 Å². The van der Waals surface area contributed by atoms with Crippen LogP contribution in [0.2, 0.25) is 0 Å². The highest BCUT2D eigenvalue weighted by atomic mass is 32.2. The first-order chi connectivity index (χ1) is 9.90. The van der Waals surface area contributed by atoms with Crippen molar-refractivity contribution in [2.75, 3.05) is 6.26 Å². The number of nitrogens with zero attached hydrogens (tertiary/aromatic N) is 1. The van der Waals surface area contributed by atoms with Gasteiger partial charge in [0.15, 0.2) is 0 Å². The van der Waals surface area contributed by atoms with Gasteiger partial charge in [0.1, 0.15) is 0 Å². The van der Waals surface area contributed by atoms with Crippen molar-refractivity contribution in [2.24, 2.45) is 0 Å². The van der Waals surface area contributed by atoms with Gasteiger partial charge in [0.05, 0.1) is 5.01 Å². The van der Waals surface area contributed by atoms with Gasteiger partial charge in [-0.3, -0.25) is 0 Å². The summed E-state index contributed by atoms with van der Waals surface area (Å²) in [6.45, 7) is 9.70. The monoisotopic (exact) mass is 320 g/mol. The van der Waals surface area contributed by atoms with E-state index in [2.05, 4.69) is 68.5 Å². The Kier molecular flexibility index (Phi) is 5.47. The average molecular weight is 321 g/mol. The van der Waals surface area contributed by atoms with Gasteiger partial charge in [-0.25, -0.2) is 4.98 Å². The Morgan fingerprint density at radius 2 is 1.90 bits per heavy atom. The number of nitrogens with one attached hydrogen (secondary N) is 1. The summed E-state index contributed by atoms with van der Waals surface area (Å²) in [6, 6.07) is 9.12. The topological polar surface area (TPSA) is 24.9 Å². The predicted octanol–water partition coefficient (Wildman–Crippen LogP) is 5.01. The van der Waals surface area contributed by atoms with Gasteiger partial charge in [0.25, 0.3) is 0 Å². The lowest BCUT2D eigenvalue weighted by molar-refractivity contribution is 0.578. The normalized spacial score (nSPS) is 13.4. The molecule has 0 aliphatic rings. The highest BCUT2D eigenvalue weighted by Gasteiger charge is 2.18. The molecule has 0 saturated heterocycles. The number of aromatic nitrogens is 1. The zero-order chi connectivity index (χ0) is 15.5. The number of thioether (sulfide) groups is 1. The molecule has 0 bridgehead atoms. The molecule has 0 saturated carbocycles. The third-order valence-corrected chi connectivity index (χ3v) is 5.56. The second-order valence-electron chi connectivity index (χ2n) is 6.26. The molecule has 2 nitrogen and oxygen atoms in total. The van der Waals surface area contributed by atoms with Gasteiger partial charge in [-0.2, -0.15) is 0 Å². The summed E-state index contributed by atoms with van der Waals surface area (Å²) in [5.74, 6) is 0. The Bertz CT molecular complexity index is 567. The smallest absolute Gasteiger partial charge is 0.0981 e. The van der Waals surface area contributed by atoms with E-state index in [1.807, 2.05) is 6.20 Å². The Balaban J connectivity index is 1.94. The Morgan fingerprint density at radius 1 is 1.24 bits per heavy atom. The van der Waals surface area contributed by atoms with E-state index in [1.54, 1.807) is 23.1 Å². The maximum Gasteiger partial charge on any atom is 0.0981 e. The Labute approximate surface area is 136 Å². The van der Waals surface area contributed by atoms with E-state index in [-0.39, 0.29) is 5.41 Å². The number of benzene rings is 1. The van der Waals surface area contributed by atoms with Crippen LogP contribution in [0.15, 0.2) is 35.4 Å². The fourth-order valence-corrected chi connectivity index (χ4v) is 3.33. The molecule has 1 atom stereocenters. The zero-order valence-electron chi connectivity index (χ0n) is 13.4. The van der Waals surface area contributed by atoms with Crippen LogP contribution in [0.4, 0.5) is 0 Å². The van der Waals surface area contributed by atoms with Gasteiger partial charge < -0.3 is 5.32 Å². The van der Waals surface area contributed by atoms with E-state index in [4.69, 9.17) is 0 Å². The van der Waals surface area contributed by atoms with E-state index >= 15 is 0 Å². The molecule has 0 radical (unpaired) electrons. The summed E-state index contributed by atoms with van der Waals surface area (Å²) in [6.07, 6.45) is 4.11. The van der Waals surface area contributed by atoms with E-state index < -0.39 is 0 Å². The largest absolute Gasteiger partial charge is 0.305 e. The first-order valence-corrected chi connectivity index (χ1v) is 9.27. The predicted molar refractivity (Wildman–Crippen MR) is 94.3 cm³/mol. The third kappa shape index (κ3) is 4.56. The number of hydrogen-bond acceptors (Lipinski definition) is 4. The van der Waals surface area contributed by atoms with Gasteiger partial charge in [-0.1, -0.05) is 32.9 Å². The maximum absolute atomic E-state index is 4.54. The molecule has 0 spiro atoms. The molecular weight excluding hydrogens is 296 g/mol. The first kappa shape index (κ1) is 16.5. The molecule has 114 valence electrons. The van der Waals surface area contributed by atoms with Gasteiger partial charge >= 0.3 is 0 Å². The minimum Gasteiger partial charge on any atom is -0.305 e. The van der Waals surface area contributed by atoms with Crippen molar-refractivity contribution in [3.63, 3.8) is 0 Å². The maximum atomic E-state index is 4.54. The highest BCUT2D eigenvalue weighted by molar-refractivity contribution is 7.98. The van der Waals surface area contributed by atoms with Crippen molar-refractivity contribution in [1.29, 1.82) is 0 Å². The van der Waals surface area contributed by atoms with Crippen LogP contribution in [0.1, 0.15) is 49.2 Å². The fourth-order valence-electron chi connectivity index (χ4n) is 2.00. The van der Waals surface area contributed by atoms with Crippen LogP contribution in [-0.4, -0.2) is 11.2 Å². The van der Waals surface area contributed by atoms with Crippen LogP contribution in [-0.2, 0) is 12.0 Å². The SMILES string of the molecule is CSc1ccc(C(C)NCc2cnc(C(C)(C)C)s2)cc1. The van der Waals surface area contributed by atoms with Gasteiger partial charge in [-0.15, -0.1) is 23.1 Å². The molecule has 21 heavy (non-hydrogen) atoms. The van der Waals surface area contributed by atoms with Crippen molar-refractivity contribution in [3.8, 4) is 0 Å². The van der Waals surface area contributed by atoms with Crippen LogP contribution < -0.4 is 5.32 Å². The van der Waals surface area contributed by atoms with Crippen LogP contribution in [0.3, 0.4) is 0 Å². The quantitative estimate of drug-likeness (QED) is 0.784. The van der Waals surface area contributed by atoms with Crippen molar-refractivity contribution in [2.45, 2.75) is 50.6 Å². The number of rotatable bonds is 5. The second kappa shape index (κ2) is 6.95. The molecule has 2 rings (SSSR count). The fraction of sp³-hybridized carbons (Fsp3) is 0.471. The Morgan fingerprint density at radius 3 is 2.43 bits per heavy atom. The first-order valence-electron chi connectivity index (χ1n) is 7.22. The van der Waals surface area contributed by atoms with Crippen molar-refractivity contribution in [1.82, 2.24) is 10.3 Å². The second-order valence-corrected chi connectivity index (χ2v) is 8.25. The lowest BCUT2D eigenvalue weighted by Gasteiger charge is -2.14. The van der Waals surface area contributed by atoms with E-state index in [0.29, 0.717) is 6.04 Å². The number of thiazole rings is 1. The molecule has 0 aliphatic heterocycles. The molecule has 0 aliphatic carbocycles. The van der Waals surface area contributed by atoms with Crippen LogP contribution in [0.5, 0.6) is 0 Å². The standard InChI is InChI=1S/C17H24N2S2/c1-12(13-6-8-14(20-5)9-7-13)18-10-15-11-19-16(21-15)17(2,3)4/h6-9,11-12,18H,10H2,1-5H3. The summed E-state index contributed by atoms with van der Waals surface area (Å²) in [7, 11) is 0. The molecule has 1 aromatic heterocycles. The lowest BCUT2D eigenvalue weighted by Crippen LogP contribution is -2.17. The van der Waals surface area contributed by atoms with Crippen molar-refractivity contribution in [3.05, 3.63) is 45.9 Å². The molecule has 4 heteroatoms. The summed E-state index contributed by atoms with van der Waals surface area (Å²) >= 11 is 3.58. The zero-order valence-corrected chi connectivity index (χ0v) is 15.1. The summed E-state index contributed by atoms with van der Waals surface area (Å²) in [5, 5.41) is 4.79.